The lowest BCUT2D eigenvalue weighted by Crippen LogP contribution is -2.56. The van der Waals surface area contributed by atoms with E-state index in [9.17, 15) is 0 Å². The van der Waals surface area contributed by atoms with Crippen molar-refractivity contribution in [3.05, 3.63) is 0 Å². The Morgan fingerprint density at radius 3 is 0.264 bits per heavy atom. The molecule has 0 aliphatic carbocycles. The zero-order chi connectivity index (χ0) is 60.2. The summed E-state index contributed by atoms with van der Waals surface area (Å²) in [4.78, 5) is 35.7. The van der Waals surface area contributed by atoms with Crippen LogP contribution in [0, 0.1) is 0 Å². The van der Waals surface area contributed by atoms with Crippen molar-refractivity contribution in [2.75, 3.05) is 187 Å². The molecule has 0 unspecified atom stereocenters. The summed E-state index contributed by atoms with van der Waals surface area (Å²) in [5.74, 6) is -8.74. The molecule has 72 heavy (non-hydrogen) atoms. The topological polar surface area (TPSA) is 230 Å². The number of quaternary nitrogens is 7. The molecule has 442 valence electrons. The van der Waals surface area contributed by atoms with Crippen molar-refractivity contribution in [2.24, 2.45) is 0 Å². The minimum atomic E-state index is -2.92. The zero-order valence-corrected chi connectivity index (χ0v) is 53.0. The summed E-state index contributed by atoms with van der Waals surface area (Å²) in [5, 5.41) is 61.0. The first-order valence-electron chi connectivity index (χ1n) is 27.5. The molecule has 0 radical (unpaired) electrons. The van der Waals surface area contributed by atoms with Crippen LogP contribution < -0.4 is 35.5 Å². The molecule has 18 nitrogen and oxygen atoms in total. The Bertz CT molecular complexity index is 906. The van der Waals surface area contributed by atoms with Crippen LogP contribution in [0.1, 0.15) is 145 Å². The first-order valence-corrected chi connectivity index (χ1v) is 27.5. The molecule has 0 bridgehead atoms. The van der Waals surface area contributed by atoms with Crippen molar-refractivity contribution in [2.45, 2.75) is 145 Å². The predicted molar refractivity (Wildman–Crippen MR) is 290 cm³/mol. The van der Waals surface area contributed by atoms with Gasteiger partial charge in [0, 0.05) is 0 Å². The molecule has 0 saturated carbocycles. The van der Waals surface area contributed by atoms with E-state index in [1.807, 2.05) is 0 Å². The fourth-order valence-corrected chi connectivity index (χ4v) is 4.70. The smallest absolute Gasteiger partial charge is 0.0870 e. The number of carboxylic acid groups (broad SMARTS) is 4. The van der Waals surface area contributed by atoms with Gasteiger partial charge in [0.1, 0.15) is 0 Å². The third kappa shape index (κ3) is 63.7. The van der Waals surface area contributed by atoms with Gasteiger partial charge in [0.2, 0.25) is 0 Å². The summed E-state index contributed by atoms with van der Waals surface area (Å²) in [7, 11) is 13.1. The number of carbonyl (C=O) groups excluding carboxylic acids is 4. The fourth-order valence-electron chi connectivity index (χ4n) is 4.70. The van der Waals surface area contributed by atoms with Gasteiger partial charge in [0.15, 0.2) is 0 Å². The number of rotatable bonds is 21. The molecule has 0 N–H and O–H groups in total. The standard InChI is InChI=1S/7C7H18N.2C2H2O4.BO3/c7*1-5-8(4,6-2)7-3;2*3-1(4)2(5)6;2-1(3)4/h7*5-7H2,1-4H3;2*(H,3,4)(H,5,6);/q7*+1;;;-3/p-4. The Kier molecular flexibility index (Phi) is 70.1. The van der Waals surface area contributed by atoms with Gasteiger partial charge in [-0.15, -0.1) is 0 Å². The van der Waals surface area contributed by atoms with Crippen LogP contribution in [0.5, 0.6) is 0 Å². The van der Waals surface area contributed by atoms with Crippen LogP contribution in [-0.2, 0) is 19.2 Å². The Balaban J connectivity index is -0.0000000745. The Morgan fingerprint density at radius 1 is 0.222 bits per heavy atom. The van der Waals surface area contributed by atoms with Crippen LogP contribution in [0.2, 0.25) is 0 Å². The van der Waals surface area contributed by atoms with E-state index in [-0.39, 0.29) is 0 Å². The number of carbonyl (C=O) groups is 4. The van der Waals surface area contributed by atoms with Gasteiger partial charge in [0.05, 0.1) is 211 Å². The van der Waals surface area contributed by atoms with Crippen molar-refractivity contribution >= 4 is 31.2 Å². The molecular weight excluding hydrogens is 921 g/mol. The van der Waals surface area contributed by atoms with Crippen LogP contribution in [0.25, 0.3) is 0 Å². The summed E-state index contributed by atoms with van der Waals surface area (Å²) < 4.78 is 8.46. The van der Waals surface area contributed by atoms with Gasteiger partial charge in [-0.25, -0.2) is 0 Å². The lowest BCUT2D eigenvalue weighted by atomic mass is 10.3. The molecule has 0 aromatic heterocycles. The molecule has 0 aliphatic rings. The largest absolute Gasteiger partial charge is 0.907 e. The second-order valence-corrected chi connectivity index (χ2v) is 19.4. The van der Waals surface area contributed by atoms with Gasteiger partial charge in [0.25, 0.3) is 0 Å². The molecule has 0 fully saturated rings. The molecule has 0 saturated heterocycles. The highest BCUT2D eigenvalue weighted by Gasteiger charge is 2.15. The second kappa shape index (κ2) is 54.8. The van der Waals surface area contributed by atoms with Crippen molar-refractivity contribution in [3.8, 4) is 0 Å². The van der Waals surface area contributed by atoms with Crippen LogP contribution in [0.15, 0.2) is 0 Å². The monoisotopic (exact) mass is 1050 g/mol. The maximum atomic E-state index is 8.93. The first kappa shape index (κ1) is 92.2. The van der Waals surface area contributed by atoms with E-state index >= 15 is 0 Å². The lowest BCUT2D eigenvalue weighted by Gasteiger charge is -2.35. The van der Waals surface area contributed by atoms with E-state index in [1.165, 1.54) is 169 Å². The van der Waals surface area contributed by atoms with Gasteiger partial charge in [-0.1, -0.05) is 0 Å². The summed E-state index contributed by atoms with van der Waals surface area (Å²) in [6, 6.07) is 0. The number of nitrogens with zero attached hydrogens (tertiary/aromatic N) is 7. The molecular formula is C53H126BN7O11. The highest BCUT2D eigenvalue weighted by atomic mass is 16.5. The highest BCUT2D eigenvalue weighted by molar-refractivity contribution is 6.25. The molecule has 0 aromatic rings. The Morgan fingerprint density at radius 2 is 0.264 bits per heavy atom. The maximum Gasteiger partial charge on any atom is 0.0870 e. The van der Waals surface area contributed by atoms with Crippen molar-refractivity contribution in [3.63, 3.8) is 0 Å². The summed E-state index contributed by atoms with van der Waals surface area (Å²) in [6.07, 6.45) is 0. The van der Waals surface area contributed by atoms with Gasteiger partial charge < -0.3 is 86.1 Å². The third-order valence-electron chi connectivity index (χ3n) is 16.4. The number of hydrogen-bond donors (Lipinski definition) is 0. The van der Waals surface area contributed by atoms with Gasteiger partial charge in [-0.3, -0.25) is 7.32 Å². The molecule has 0 aromatic carbocycles. The van der Waals surface area contributed by atoms with Gasteiger partial charge in [-0.05, 0) is 145 Å². The molecule has 19 heteroatoms. The lowest BCUT2D eigenvalue weighted by molar-refractivity contribution is -0.904. The van der Waals surface area contributed by atoms with Crippen molar-refractivity contribution < 1.29 is 86.1 Å². The van der Waals surface area contributed by atoms with Crippen LogP contribution >= 0.6 is 0 Å². The molecule has 0 amide bonds. The fraction of sp³-hybridized carbons (Fsp3) is 0.925. The first-order chi connectivity index (χ1) is 32.8. The van der Waals surface area contributed by atoms with Gasteiger partial charge in [-0.2, -0.15) is 0 Å². The van der Waals surface area contributed by atoms with E-state index < -0.39 is 31.2 Å². The van der Waals surface area contributed by atoms with Crippen LogP contribution in [0.4, 0.5) is 0 Å². The second-order valence-electron chi connectivity index (χ2n) is 19.4. The minimum Gasteiger partial charge on any atom is -0.907 e. The third-order valence-corrected chi connectivity index (χ3v) is 16.4. The van der Waals surface area contributed by atoms with E-state index in [0.29, 0.717) is 0 Å². The SMILES string of the molecule is CC[N+](C)(CC)CC.CC[N+](C)(CC)CC.CC[N+](C)(CC)CC.CC[N+](C)(CC)CC.CC[N+](C)(CC)CC.CC[N+](C)(CC)CC.CC[N+](C)(CC)CC.O=C([O-])C(=O)[O-].O=C([O-])C(=O)[O-].[O-]B([O-])[O-]. The number of carboxylic acids is 4. The van der Waals surface area contributed by atoms with Crippen molar-refractivity contribution in [1.82, 2.24) is 0 Å². The quantitative estimate of drug-likeness (QED) is 0.0807. The summed E-state index contributed by atoms with van der Waals surface area (Å²) in [6.45, 7) is 73.5. The average Bonchev–Trinajstić information content (AvgIpc) is 3.40. The Hall–Kier alpha value is -2.46. The average molecular weight is 1050 g/mol. The Labute approximate surface area is 448 Å². The zero-order valence-electron chi connectivity index (χ0n) is 53.0. The molecule has 0 rings (SSSR count). The van der Waals surface area contributed by atoms with E-state index in [2.05, 4.69) is 195 Å². The number of hydrogen-bond acceptors (Lipinski definition) is 11. The van der Waals surface area contributed by atoms with Crippen molar-refractivity contribution in [1.29, 1.82) is 0 Å². The summed E-state index contributed by atoms with van der Waals surface area (Å²) in [5.41, 5.74) is 0. The molecule has 0 spiro atoms. The summed E-state index contributed by atoms with van der Waals surface area (Å²) >= 11 is 0. The van der Waals surface area contributed by atoms with Crippen LogP contribution in [0.3, 0.4) is 0 Å². The van der Waals surface area contributed by atoms with E-state index in [4.69, 9.17) is 54.7 Å². The predicted octanol–water partition coefficient (Wildman–Crippen LogP) is -0.527. The van der Waals surface area contributed by atoms with E-state index in [0.717, 1.165) is 0 Å². The molecule has 0 aliphatic heterocycles. The minimum absolute atomic E-state index is 1.21. The van der Waals surface area contributed by atoms with Crippen LogP contribution in [-0.4, -0.2) is 249 Å². The van der Waals surface area contributed by atoms with Gasteiger partial charge >= 0.3 is 0 Å². The molecule has 0 heterocycles. The number of aliphatic carboxylic acids is 4. The normalized spacial score (nSPS) is 10.9. The van der Waals surface area contributed by atoms with E-state index in [1.54, 1.807) is 0 Å². The molecule has 0 atom stereocenters. The highest BCUT2D eigenvalue weighted by Crippen LogP contribution is 2.01. The maximum absolute atomic E-state index is 8.93.